The molecule has 0 aliphatic rings. The van der Waals surface area contributed by atoms with Crippen molar-refractivity contribution in [1.82, 2.24) is 25.1 Å². The summed E-state index contributed by atoms with van der Waals surface area (Å²) in [6.45, 7) is 0.325. The second-order valence-electron chi connectivity index (χ2n) is 7.57. The lowest BCUT2D eigenvalue weighted by molar-refractivity contribution is 0.0947. The predicted octanol–water partition coefficient (Wildman–Crippen LogP) is 5.80. The van der Waals surface area contributed by atoms with E-state index in [4.69, 9.17) is 16.0 Å². The Morgan fingerprint density at radius 1 is 1.00 bits per heavy atom. The van der Waals surface area contributed by atoms with E-state index in [9.17, 15) is 4.79 Å². The van der Waals surface area contributed by atoms with Gasteiger partial charge in [0.25, 0.3) is 5.91 Å². The van der Waals surface area contributed by atoms with E-state index in [0.717, 1.165) is 16.8 Å². The van der Waals surface area contributed by atoms with Crippen LogP contribution in [0.3, 0.4) is 0 Å². The van der Waals surface area contributed by atoms with Crippen molar-refractivity contribution >= 4 is 29.3 Å². The lowest BCUT2D eigenvalue weighted by Crippen LogP contribution is -2.23. The molecule has 0 atom stereocenters. The van der Waals surface area contributed by atoms with Crippen LogP contribution in [0.15, 0.2) is 101 Å². The van der Waals surface area contributed by atoms with Gasteiger partial charge in [-0.25, -0.2) is 0 Å². The number of amides is 1. The lowest BCUT2D eigenvalue weighted by Gasteiger charge is -2.12. The number of hydrogen-bond acceptors (Lipinski definition) is 6. The minimum absolute atomic E-state index is 0.161. The SMILES string of the molecule is O=C(NCc1ccco1)c1ccccc1CSc1nnc(-c2ccncc2)n1-c1cccc(Cl)c1. The zero-order chi connectivity index (χ0) is 24.0. The number of benzene rings is 2. The fourth-order valence-corrected chi connectivity index (χ4v) is 4.73. The molecule has 9 heteroatoms. The number of halogens is 1. The number of furan rings is 1. The van der Waals surface area contributed by atoms with Gasteiger partial charge in [0.05, 0.1) is 18.5 Å². The van der Waals surface area contributed by atoms with E-state index in [1.807, 2.05) is 71.3 Å². The van der Waals surface area contributed by atoms with Crippen molar-refractivity contribution < 1.29 is 9.21 Å². The van der Waals surface area contributed by atoms with E-state index in [1.165, 1.54) is 11.8 Å². The Bertz CT molecular complexity index is 1440. The van der Waals surface area contributed by atoms with E-state index in [1.54, 1.807) is 24.7 Å². The molecule has 0 spiro atoms. The van der Waals surface area contributed by atoms with Crippen molar-refractivity contribution in [2.24, 2.45) is 0 Å². The van der Waals surface area contributed by atoms with Gasteiger partial charge in [0.2, 0.25) is 0 Å². The highest BCUT2D eigenvalue weighted by Gasteiger charge is 2.18. The van der Waals surface area contributed by atoms with E-state index in [2.05, 4.69) is 20.5 Å². The Labute approximate surface area is 211 Å². The fraction of sp³-hybridized carbons (Fsp3) is 0.0769. The van der Waals surface area contributed by atoms with Gasteiger partial charge in [0.1, 0.15) is 5.76 Å². The van der Waals surface area contributed by atoms with Crippen LogP contribution in [-0.2, 0) is 12.3 Å². The second kappa shape index (κ2) is 10.6. The van der Waals surface area contributed by atoms with Crippen LogP contribution in [0, 0.1) is 0 Å². The molecular weight excluding hydrogens is 482 g/mol. The summed E-state index contributed by atoms with van der Waals surface area (Å²) in [4.78, 5) is 17.0. The van der Waals surface area contributed by atoms with E-state index in [0.29, 0.717) is 39.6 Å². The molecule has 0 fully saturated rings. The third-order valence-electron chi connectivity index (χ3n) is 5.26. The number of nitrogens with zero attached hydrogens (tertiary/aromatic N) is 4. The first-order valence-corrected chi connectivity index (χ1v) is 12.2. The van der Waals surface area contributed by atoms with Gasteiger partial charge in [-0.15, -0.1) is 10.2 Å². The molecule has 3 heterocycles. The van der Waals surface area contributed by atoms with Gasteiger partial charge in [0, 0.05) is 34.3 Å². The van der Waals surface area contributed by atoms with Crippen LogP contribution >= 0.6 is 23.4 Å². The summed E-state index contributed by atoms with van der Waals surface area (Å²) in [5.41, 5.74) is 3.23. The summed E-state index contributed by atoms with van der Waals surface area (Å²) in [6, 6.07) is 22.5. The van der Waals surface area contributed by atoms with Gasteiger partial charge in [-0.05, 0) is 54.1 Å². The van der Waals surface area contributed by atoms with Crippen molar-refractivity contribution in [3.05, 3.63) is 113 Å². The van der Waals surface area contributed by atoms with Gasteiger partial charge in [-0.3, -0.25) is 14.3 Å². The van der Waals surface area contributed by atoms with Crippen LogP contribution < -0.4 is 5.32 Å². The molecule has 1 N–H and O–H groups in total. The monoisotopic (exact) mass is 501 g/mol. The molecule has 0 aliphatic carbocycles. The smallest absolute Gasteiger partial charge is 0.251 e. The summed E-state index contributed by atoms with van der Waals surface area (Å²) in [7, 11) is 0. The number of pyridine rings is 1. The number of carbonyl (C=O) groups excluding carboxylic acids is 1. The Hall–Kier alpha value is -3.88. The molecule has 2 aromatic carbocycles. The molecule has 0 radical (unpaired) electrons. The Morgan fingerprint density at radius 3 is 2.66 bits per heavy atom. The van der Waals surface area contributed by atoms with Crippen molar-refractivity contribution in [3.63, 3.8) is 0 Å². The molecule has 0 unspecified atom stereocenters. The normalized spacial score (nSPS) is 10.9. The van der Waals surface area contributed by atoms with Gasteiger partial charge in [-0.2, -0.15) is 0 Å². The van der Waals surface area contributed by atoms with Gasteiger partial charge in [0.15, 0.2) is 11.0 Å². The average Bonchev–Trinajstić information content (AvgIpc) is 3.57. The molecule has 7 nitrogen and oxygen atoms in total. The van der Waals surface area contributed by atoms with E-state index < -0.39 is 0 Å². The summed E-state index contributed by atoms with van der Waals surface area (Å²) in [6.07, 6.45) is 5.02. The van der Waals surface area contributed by atoms with Crippen LogP contribution in [0.25, 0.3) is 17.1 Å². The summed E-state index contributed by atoms with van der Waals surface area (Å²) in [5.74, 6) is 1.75. The first-order valence-electron chi connectivity index (χ1n) is 10.8. The summed E-state index contributed by atoms with van der Waals surface area (Å²) in [5, 5.41) is 13.1. The van der Waals surface area contributed by atoms with E-state index in [-0.39, 0.29) is 5.91 Å². The van der Waals surface area contributed by atoms with E-state index >= 15 is 0 Å². The van der Waals surface area contributed by atoms with Crippen LogP contribution in [0.2, 0.25) is 5.02 Å². The minimum atomic E-state index is -0.161. The number of thioether (sulfide) groups is 1. The maximum atomic E-state index is 12.9. The second-order valence-corrected chi connectivity index (χ2v) is 8.94. The zero-order valence-electron chi connectivity index (χ0n) is 18.5. The summed E-state index contributed by atoms with van der Waals surface area (Å²) >= 11 is 7.78. The third-order valence-corrected chi connectivity index (χ3v) is 6.47. The first kappa shape index (κ1) is 22.9. The summed E-state index contributed by atoms with van der Waals surface area (Å²) < 4.78 is 7.27. The highest BCUT2D eigenvalue weighted by Crippen LogP contribution is 2.31. The van der Waals surface area contributed by atoms with Crippen molar-refractivity contribution in [3.8, 4) is 17.1 Å². The fourth-order valence-electron chi connectivity index (χ4n) is 3.59. The Kier molecular flexibility index (Phi) is 6.92. The molecule has 5 aromatic rings. The topological polar surface area (TPSA) is 85.8 Å². The maximum Gasteiger partial charge on any atom is 0.251 e. The quantitative estimate of drug-likeness (QED) is 0.270. The predicted molar refractivity (Wildman–Crippen MR) is 135 cm³/mol. The standard InChI is InChI=1S/C26H20ClN5O2S/c27-20-6-3-7-21(15-20)32-24(18-10-12-28-13-11-18)30-31-26(32)35-17-19-5-1-2-9-23(19)25(33)29-16-22-8-4-14-34-22/h1-15H,16-17H2,(H,29,33). The number of nitrogens with one attached hydrogen (secondary N) is 1. The van der Waals surface area contributed by atoms with Crippen LogP contribution in [0.4, 0.5) is 0 Å². The maximum absolute atomic E-state index is 12.9. The average molecular weight is 502 g/mol. The number of hydrogen-bond donors (Lipinski definition) is 1. The number of rotatable bonds is 8. The molecule has 1 amide bonds. The molecule has 0 saturated heterocycles. The minimum Gasteiger partial charge on any atom is -0.467 e. The van der Waals surface area contributed by atoms with Gasteiger partial charge in [-0.1, -0.05) is 47.6 Å². The molecule has 0 bridgehead atoms. The van der Waals surface area contributed by atoms with Crippen LogP contribution in [-0.4, -0.2) is 25.7 Å². The number of carbonyl (C=O) groups is 1. The molecule has 3 aromatic heterocycles. The van der Waals surface area contributed by atoms with Crippen molar-refractivity contribution in [2.75, 3.05) is 0 Å². The highest BCUT2D eigenvalue weighted by atomic mass is 35.5. The van der Waals surface area contributed by atoms with Gasteiger partial charge >= 0.3 is 0 Å². The zero-order valence-corrected chi connectivity index (χ0v) is 20.0. The molecule has 0 aliphatic heterocycles. The number of aromatic nitrogens is 4. The lowest BCUT2D eigenvalue weighted by atomic mass is 10.1. The van der Waals surface area contributed by atoms with Crippen LogP contribution in [0.5, 0.6) is 0 Å². The molecule has 5 rings (SSSR count). The molecule has 174 valence electrons. The highest BCUT2D eigenvalue weighted by molar-refractivity contribution is 7.98. The first-order chi connectivity index (χ1) is 17.2. The Balaban J connectivity index is 1.42. The molecule has 0 saturated carbocycles. The Morgan fingerprint density at radius 2 is 1.86 bits per heavy atom. The largest absolute Gasteiger partial charge is 0.467 e. The third kappa shape index (κ3) is 5.29. The molecular formula is C26H20ClN5O2S. The van der Waals surface area contributed by atoms with Crippen molar-refractivity contribution in [1.29, 1.82) is 0 Å². The molecule has 35 heavy (non-hydrogen) atoms. The van der Waals surface area contributed by atoms with Crippen LogP contribution in [0.1, 0.15) is 21.7 Å². The van der Waals surface area contributed by atoms with Crippen molar-refractivity contribution in [2.45, 2.75) is 17.5 Å². The van der Waals surface area contributed by atoms with Gasteiger partial charge < -0.3 is 9.73 Å².